The highest BCUT2D eigenvalue weighted by Crippen LogP contribution is 2.25. The van der Waals surface area contributed by atoms with E-state index in [2.05, 4.69) is 23.0 Å². The molecule has 0 aliphatic rings. The predicted molar refractivity (Wildman–Crippen MR) is 84.0 cm³/mol. The summed E-state index contributed by atoms with van der Waals surface area (Å²) < 4.78 is 0. The Morgan fingerprint density at radius 1 is 1.05 bits per heavy atom. The van der Waals surface area contributed by atoms with E-state index in [4.69, 9.17) is 0 Å². The summed E-state index contributed by atoms with van der Waals surface area (Å²) in [6, 6.07) is 11.9. The highest BCUT2D eigenvalue weighted by molar-refractivity contribution is 5.81. The van der Waals surface area contributed by atoms with Crippen molar-refractivity contribution in [3.8, 4) is 0 Å². The molecule has 0 saturated heterocycles. The van der Waals surface area contributed by atoms with Gasteiger partial charge in [0.05, 0.1) is 11.6 Å². The largest absolute Gasteiger partial charge is 0.388 e. The quantitative estimate of drug-likeness (QED) is 0.795. The van der Waals surface area contributed by atoms with Gasteiger partial charge in [0, 0.05) is 30.4 Å². The van der Waals surface area contributed by atoms with Crippen molar-refractivity contribution in [2.24, 2.45) is 0 Å². The van der Waals surface area contributed by atoms with E-state index in [1.165, 1.54) is 0 Å². The molecule has 3 heteroatoms. The molecule has 2 heterocycles. The molecule has 0 aliphatic carbocycles. The number of aromatic nitrogens is 2. The molecule has 106 valence electrons. The summed E-state index contributed by atoms with van der Waals surface area (Å²) >= 11 is 0. The van der Waals surface area contributed by atoms with Gasteiger partial charge in [-0.25, -0.2) is 0 Å². The second-order valence-electron chi connectivity index (χ2n) is 5.14. The Morgan fingerprint density at radius 2 is 1.90 bits per heavy atom. The minimum absolute atomic E-state index is 0.520. The first kappa shape index (κ1) is 13.7. The molecular weight excluding hydrogens is 260 g/mol. The molecule has 0 saturated carbocycles. The lowest BCUT2D eigenvalue weighted by Gasteiger charge is -2.15. The monoisotopic (exact) mass is 278 g/mol. The SMILES string of the molecule is CCc1cnccc1C(O)Cc1ccnc2ccccc12. The molecule has 3 aromatic rings. The molecule has 3 rings (SSSR count). The zero-order valence-corrected chi connectivity index (χ0v) is 12.0. The van der Waals surface area contributed by atoms with E-state index in [9.17, 15) is 5.11 Å². The van der Waals surface area contributed by atoms with E-state index in [1.54, 1.807) is 12.4 Å². The Kier molecular flexibility index (Phi) is 3.93. The lowest BCUT2D eigenvalue weighted by molar-refractivity contribution is 0.177. The van der Waals surface area contributed by atoms with Crippen LogP contribution < -0.4 is 0 Å². The maximum Gasteiger partial charge on any atom is 0.0834 e. The first-order valence-electron chi connectivity index (χ1n) is 7.23. The molecule has 2 aromatic heterocycles. The third kappa shape index (κ3) is 2.78. The van der Waals surface area contributed by atoms with Crippen molar-refractivity contribution in [2.75, 3.05) is 0 Å². The molecule has 0 aliphatic heterocycles. The van der Waals surface area contributed by atoms with Gasteiger partial charge in [0.2, 0.25) is 0 Å². The minimum Gasteiger partial charge on any atom is -0.388 e. The van der Waals surface area contributed by atoms with Crippen LogP contribution in [0.3, 0.4) is 0 Å². The normalized spacial score (nSPS) is 12.5. The van der Waals surface area contributed by atoms with Crippen LogP contribution in [0.5, 0.6) is 0 Å². The fourth-order valence-electron chi connectivity index (χ4n) is 2.71. The Morgan fingerprint density at radius 3 is 2.76 bits per heavy atom. The lowest BCUT2D eigenvalue weighted by Crippen LogP contribution is -2.06. The lowest BCUT2D eigenvalue weighted by atomic mass is 9.96. The Bertz CT molecular complexity index is 750. The van der Waals surface area contributed by atoms with Crippen LogP contribution in [0, 0.1) is 0 Å². The summed E-state index contributed by atoms with van der Waals surface area (Å²) in [6.07, 6.45) is 6.31. The standard InChI is InChI=1S/C18H18N2O/c1-2-13-12-19-9-8-16(13)18(21)11-14-7-10-20-17-6-4-3-5-15(14)17/h3-10,12,18,21H,2,11H2,1H3. The van der Waals surface area contributed by atoms with Gasteiger partial charge in [-0.05, 0) is 41.3 Å². The van der Waals surface area contributed by atoms with Crippen LogP contribution in [0.15, 0.2) is 55.0 Å². The van der Waals surface area contributed by atoms with Crippen LogP contribution in [-0.2, 0) is 12.8 Å². The van der Waals surface area contributed by atoms with Gasteiger partial charge >= 0.3 is 0 Å². The molecular formula is C18H18N2O. The van der Waals surface area contributed by atoms with Gasteiger partial charge in [-0.15, -0.1) is 0 Å². The number of hydrogen-bond donors (Lipinski definition) is 1. The average Bonchev–Trinajstić information content (AvgIpc) is 2.55. The van der Waals surface area contributed by atoms with Crippen molar-refractivity contribution in [1.82, 2.24) is 9.97 Å². The van der Waals surface area contributed by atoms with Crippen molar-refractivity contribution >= 4 is 10.9 Å². The Hall–Kier alpha value is -2.26. The number of aryl methyl sites for hydroxylation is 1. The number of aliphatic hydroxyl groups excluding tert-OH is 1. The maximum atomic E-state index is 10.6. The Balaban J connectivity index is 1.95. The van der Waals surface area contributed by atoms with Crippen LogP contribution in [-0.4, -0.2) is 15.1 Å². The van der Waals surface area contributed by atoms with Crippen molar-refractivity contribution < 1.29 is 5.11 Å². The zero-order valence-electron chi connectivity index (χ0n) is 12.0. The molecule has 0 spiro atoms. The van der Waals surface area contributed by atoms with Crippen molar-refractivity contribution in [2.45, 2.75) is 25.9 Å². The second kappa shape index (κ2) is 6.02. The van der Waals surface area contributed by atoms with Crippen molar-refractivity contribution in [3.05, 3.63) is 71.7 Å². The van der Waals surface area contributed by atoms with Crippen molar-refractivity contribution in [1.29, 1.82) is 0 Å². The summed E-state index contributed by atoms with van der Waals surface area (Å²) in [5.74, 6) is 0. The maximum absolute atomic E-state index is 10.6. The number of pyridine rings is 2. The van der Waals surface area contributed by atoms with Gasteiger partial charge in [0.15, 0.2) is 0 Å². The van der Waals surface area contributed by atoms with Gasteiger partial charge in [0.25, 0.3) is 0 Å². The van der Waals surface area contributed by atoms with Gasteiger partial charge in [-0.3, -0.25) is 9.97 Å². The molecule has 0 amide bonds. The van der Waals surface area contributed by atoms with Crippen LogP contribution >= 0.6 is 0 Å². The predicted octanol–water partition coefficient (Wildman–Crippen LogP) is 3.47. The molecule has 21 heavy (non-hydrogen) atoms. The van der Waals surface area contributed by atoms with Gasteiger partial charge < -0.3 is 5.11 Å². The summed E-state index contributed by atoms with van der Waals surface area (Å²) in [4.78, 5) is 8.50. The van der Waals surface area contributed by atoms with Crippen LogP contribution in [0.25, 0.3) is 10.9 Å². The van der Waals surface area contributed by atoms with Gasteiger partial charge in [-0.2, -0.15) is 0 Å². The zero-order chi connectivity index (χ0) is 14.7. The number of aliphatic hydroxyl groups is 1. The average molecular weight is 278 g/mol. The first-order chi connectivity index (χ1) is 10.3. The molecule has 1 N–H and O–H groups in total. The van der Waals surface area contributed by atoms with Crippen LogP contribution in [0.4, 0.5) is 0 Å². The number of rotatable bonds is 4. The fraction of sp³-hybridized carbons (Fsp3) is 0.222. The third-order valence-corrected chi connectivity index (χ3v) is 3.83. The number of fused-ring (bicyclic) bond motifs is 1. The third-order valence-electron chi connectivity index (χ3n) is 3.83. The van der Waals surface area contributed by atoms with Gasteiger partial charge in [0.1, 0.15) is 0 Å². The van der Waals surface area contributed by atoms with E-state index in [0.717, 1.165) is 34.0 Å². The molecule has 3 nitrogen and oxygen atoms in total. The van der Waals surface area contributed by atoms with Gasteiger partial charge in [-0.1, -0.05) is 25.1 Å². The number of nitrogens with zero attached hydrogens (tertiary/aromatic N) is 2. The second-order valence-corrected chi connectivity index (χ2v) is 5.14. The summed E-state index contributed by atoms with van der Waals surface area (Å²) in [7, 11) is 0. The van der Waals surface area contributed by atoms with E-state index in [-0.39, 0.29) is 0 Å². The molecule has 1 atom stereocenters. The van der Waals surface area contributed by atoms with Crippen LogP contribution in [0.1, 0.15) is 29.7 Å². The highest BCUT2D eigenvalue weighted by atomic mass is 16.3. The number of hydrogen-bond acceptors (Lipinski definition) is 3. The molecule has 0 radical (unpaired) electrons. The fourth-order valence-corrected chi connectivity index (χ4v) is 2.71. The first-order valence-corrected chi connectivity index (χ1v) is 7.23. The van der Waals surface area contributed by atoms with E-state index >= 15 is 0 Å². The minimum atomic E-state index is -0.520. The number of para-hydroxylation sites is 1. The topological polar surface area (TPSA) is 46.0 Å². The van der Waals surface area contributed by atoms with E-state index in [1.807, 2.05) is 36.5 Å². The van der Waals surface area contributed by atoms with Crippen LogP contribution in [0.2, 0.25) is 0 Å². The number of benzene rings is 1. The summed E-state index contributed by atoms with van der Waals surface area (Å²) in [6.45, 7) is 2.08. The molecule has 0 fully saturated rings. The molecule has 0 bridgehead atoms. The smallest absolute Gasteiger partial charge is 0.0834 e. The van der Waals surface area contributed by atoms with E-state index in [0.29, 0.717) is 6.42 Å². The summed E-state index contributed by atoms with van der Waals surface area (Å²) in [5, 5.41) is 11.7. The summed E-state index contributed by atoms with van der Waals surface area (Å²) in [5.41, 5.74) is 4.15. The van der Waals surface area contributed by atoms with E-state index < -0.39 is 6.10 Å². The van der Waals surface area contributed by atoms with Crippen molar-refractivity contribution in [3.63, 3.8) is 0 Å². The highest BCUT2D eigenvalue weighted by Gasteiger charge is 2.14. The molecule has 1 unspecified atom stereocenters. The Labute approximate surface area is 124 Å². The molecule has 1 aromatic carbocycles.